The van der Waals surface area contributed by atoms with Crippen molar-refractivity contribution in [3.05, 3.63) is 23.8 Å². The first-order chi connectivity index (χ1) is 10.7. The Hall–Kier alpha value is -2.24. The first-order valence-corrected chi connectivity index (χ1v) is 7.80. The number of ether oxygens (including phenoxy) is 1. The van der Waals surface area contributed by atoms with Crippen LogP contribution in [0, 0.1) is 0 Å². The first-order valence-electron chi connectivity index (χ1n) is 7.80. The number of carboxylic acid groups (broad SMARTS) is 1. The zero-order valence-electron chi connectivity index (χ0n) is 14.0. The highest BCUT2D eigenvalue weighted by atomic mass is 16.6. The summed E-state index contributed by atoms with van der Waals surface area (Å²) in [6.07, 6.45) is 1.36. The van der Waals surface area contributed by atoms with E-state index in [-0.39, 0.29) is 6.09 Å². The maximum Gasteiger partial charge on any atom is 0.414 e. The Balaban J connectivity index is 2.20. The normalized spacial score (nSPS) is 15.6. The molecule has 0 radical (unpaired) electrons. The van der Waals surface area contributed by atoms with Crippen LogP contribution in [0.5, 0.6) is 0 Å². The quantitative estimate of drug-likeness (QED) is 0.893. The molecule has 126 valence electrons. The minimum absolute atomic E-state index is 0.349. The van der Waals surface area contributed by atoms with E-state index >= 15 is 0 Å². The molecular weight excluding hydrogens is 296 g/mol. The Morgan fingerprint density at radius 2 is 2.04 bits per heavy atom. The van der Waals surface area contributed by atoms with E-state index < -0.39 is 17.6 Å². The van der Waals surface area contributed by atoms with Crippen molar-refractivity contribution in [3.63, 3.8) is 0 Å². The van der Waals surface area contributed by atoms with Gasteiger partial charge in [-0.1, -0.05) is 0 Å². The highest BCUT2D eigenvalue weighted by Crippen LogP contribution is 2.31. The molecule has 23 heavy (non-hydrogen) atoms. The molecule has 6 nitrogen and oxygen atoms in total. The molecule has 1 unspecified atom stereocenters. The number of aryl methyl sites for hydroxylation is 1. The molecule has 1 aliphatic rings. The number of hydrogen-bond donors (Lipinski definition) is 2. The van der Waals surface area contributed by atoms with Crippen LogP contribution in [0.1, 0.15) is 39.7 Å². The molecule has 1 amide bonds. The van der Waals surface area contributed by atoms with Crippen molar-refractivity contribution < 1.29 is 19.4 Å². The summed E-state index contributed by atoms with van der Waals surface area (Å²) in [6.45, 7) is 7.75. The molecule has 1 aliphatic heterocycles. The number of carboxylic acids is 1. The molecule has 1 heterocycles. The molecule has 0 saturated heterocycles. The number of hydrogen-bond acceptors (Lipinski definition) is 4. The predicted molar refractivity (Wildman–Crippen MR) is 89.1 cm³/mol. The van der Waals surface area contributed by atoms with Gasteiger partial charge < -0.3 is 15.2 Å². The van der Waals surface area contributed by atoms with Gasteiger partial charge >= 0.3 is 12.1 Å². The lowest BCUT2D eigenvalue weighted by atomic mass is 10.0. The maximum absolute atomic E-state index is 12.3. The molecule has 2 rings (SSSR count). The summed E-state index contributed by atoms with van der Waals surface area (Å²) in [5.74, 6) is -0.905. The molecule has 0 saturated carbocycles. The summed E-state index contributed by atoms with van der Waals surface area (Å²) < 4.78 is 5.45. The fourth-order valence-corrected chi connectivity index (χ4v) is 2.51. The van der Waals surface area contributed by atoms with E-state index in [2.05, 4.69) is 5.32 Å². The fraction of sp³-hybridized carbons (Fsp3) is 0.529. The second kappa shape index (κ2) is 6.48. The van der Waals surface area contributed by atoms with Gasteiger partial charge in [-0.2, -0.15) is 0 Å². The number of nitrogens with zero attached hydrogens (tertiary/aromatic N) is 1. The SMILES string of the molecule is CC(Nc1ccc2c(c1)CCCN2C(=O)OC(C)(C)C)C(=O)O. The van der Waals surface area contributed by atoms with E-state index in [0.29, 0.717) is 6.54 Å². The Morgan fingerprint density at radius 1 is 1.35 bits per heavy atom. The molecule has 1 aromatic rings. The molecule has 0 fully saturated rings. The lowest BCUT2D eigenvalue weighted by molar-refractivity contribution is -0.137. The minimum Gasteiger partial charge on any atom is -0.480 e. The summed E-state index contributed by atoms with van der Waals surface area (Å²) in [6, 6.07) is 4.88. The molecule has 0 spiro atoms. The van der Waals surface area contributed by atoms with Crippen LogP contribution in [0.15, 0.2) is 18.2 Å². The first kappa shape index (κ1) is 17.1. The number of nitrogens with one attached hydrogen (secondary N) is 1. The summed E-state index contributed by atoms with van der Waals surface area (Å²) in [7, 11) is 0. The molecule has 6 heteroatoms. The van der Waals surface area contributed by atoms with Crippen LogP contribution in [-0.2, 0) is 16.0 Å². The topological polar surface area (TPSA) is 78.9 Å². The van der Waals surface area contributed by atoms with Gasteiger partial charge in [0.1, 0.15) is 11.6 Å². The van der Waals surface area contributed by atoms with Gasteiger partial charge in [-0.25, -0.2) is 4.79 Å². The Labute approximate surface area is 136 Å². The third-order valence-corrected chi connectivity index (χ3v) is 3.57. The monoisotopic (exact) mass is 320 g/mol. The number of rotatable bonds is 3. The number of fused-ring (bicyclic) bond motifs is 1. The highest BCUT2D eigenvalue weighted by molar-refractivity contribution is 5.90. The second-order valence-electron chi connectivity index (χ2n) is 6.78. The summed E-state index contributed by atoms with van der Waals surface area (Å²) in [4.78, 5) is 24.9. The van der Waals surface area contributed by atoms with E-state index in [0.717, 1.165) is 29.8 Å². The van der Waals surface area contributed by atoms with Crippen LogP contribution in [-0.4, -0.2) is 35.4 Å². The van der Waals surface area contributed by atoms with Crippen molar-refractivity contribution in [1.29, 1.82) is 0 Å². The zero-order valence-corrected chi connectivity index (χ0v) is 14.0. The smallest absolute Gasteiger partial charge is 0.414 e. The maximum atomic E-state index is 12.3. The Bertz CT molecular complexity index is 607. The summed E-state index contributed by atoms with van der Waals surface area (Å²) in [5.41, 5.74) is 2.06. The van der Waals surface area contributed by atoms with Gasteiger partial charge in [0.2, 0.25) is 0 Å². The number of carbonyl (C=O) groups excluding carboxylic acids is 1. The number of aliphatic carboxylic acids is 1. The second-order valence-corrected chi connectivity index (χ2v) is 6.78. The minimum atomic E-state index is -0.905. The fourth-order valence-electron chi connectivity index (χ4n) is 2.51. The molecule has 1 aromatic carbocycles. The number of amides is 1. The molecule has 0 aliphatic carbocycles. The van der Waals surface area contributed by atoms with Crippen molar-refractivity contribution in [1.82, 2.24) is 0 Å². The van der Waals surface area contributed by atoms with Crippen LogP contribution in [0.2, 0.25) is 0 Å². The van der Waals surface area contributed by atoms with Gasteiger partial charge in [0.25, 0.3) is 0 Å². The highest BCUT2D eigenvalue weighted by Gasteiger charge is 2.27. The number of anilines is 2. The number of carbonyl (C=O) groups is 2. The van der Waals surface area contributed by atoms with Gasteiger partial charge in [-0.15, -0.1) is 0 Å². The van der Waals surface area contributed by atoms with Gasteiger partial charge in [0.05, 0.1) is 5.69 Å². The van der Waals surface area contributed by atoms with Crippen LogP contribution < -0.4 is 10.2 Å². The largest absolute Gasteiger partial charge is 0.480 e. The standard InChI is InChI=1S/C17H24N2O4/c1-11(15(20)21)18-13-7-8-14-12(10-13)6-5-9-19(14)16(22)23-17(2,3)4/h7-8,10-11,18H,5-6,9H2,1-4H3,(H,20,21). The van der Waals surface area contributed by atoms with Crippen LogP contribution in [0.3, 0.4) is 0 Å². The molecule has 0 bridgehead atoms. The van der Waals surface area contributed by atoms with Crippen LogP contribution in [0.25, 0.3) is 0 Å². The van der Waals surface area contributed by atoms with Gasteiger partial charge in [-0.3, -0.25) is 9.69 Å². The molecule has 0 aromatic heterocycles. The van der Waals surface area contributed by atoms with Crippen molar-refractivity contribution in [2.24, 2.45) is 0 Å². The predicted octanol–water partition coefficient (Wildman–Crippen LogP) is 3.26. The van der Waals surface area contributed by atoms with Crippen LogP contribution >= 0.6 is 0 Å². The van der Waals surface area contributed by atoms with Crippen molar-refractivity contribution in [3.8, 4) is 0 Å². The lowest BCUT2D eigenvalue weighted by Crippen LogP contribution is -2.39. The average Bonchev–Trinajstić information content (AvgIpc) is 2.44. The Kier molecular flexibility index (Phi) is 4.82. The van der Waals surface area contributed by atoms with Crippen LogP contribution in [0.4, 0.5) is 16.2 Å². The van der Waals surface area contributed by atoms with E-state index in [4.69, 9.17) is 9.84 Å². The van der Waals surface area contributed by atoms with E-state index in [9.17, 15) is 9.59 Å². The summed E-state index contributed by atoms with van der Waals surface area (Å²) >= 11 is 0. The lowest BCUT2D eigenvalue weighted by Gasteiger charge is -2.32. The van der Waals surface area contributed by atoms with Crippen molar-refractivity contribution in [2.45, 2.75) is 52.2 Å². The van der Waals surface area contributed by atoms with E-state index in [1.54, 1.807) is 17.9 Å². The Morgan fingerprint density at radius 3 is 2.65 bits per heavy atom. The summed E-state index contributed by atoms with van der Waals surface area (Å²) in [5, 5.41) is 11.9. The average molecular weight is 320 g/mol. The van der Waals surface area contributed by atoms with E-state index in [1.807, 2.05) is 32.9 Å². The number of benzene rings is 1. The molecule has 1 atom stereocenters. The van der Waals surface area contributed by atoms with E-state index in [1.165, 1.54) is 0 Å². The van der Waals surface area contributed by atoms with Gasteiger partial charge in [0.15, 0.2) is 0 Å². The molecular formula is C17H24N2O4. The van der Waals surface area contributed by atoms with Gasteiger partial charge in [0, 0.05) is 12.2 Å². The third-order valence-electron chi connectivity index (χ3n) is 3.57. The third kappa shape index (κ3) is 4.37. The van der Waals surface area contributed by atoms with Gasteiger partial charge in [-0.05, 0) is 64.3 Å². The zero-order chi connectivity index (χ0) is 17.2. The molecule has 2 N–H and O–H groups in total. The van der Waals surface area contributed by atoms with Crippen molar-refractivity contribution in [2.75, 3.05) is 16.8 Å². The van der Waals surface area contributed by atoms with Crippen molar-refractivity contribution >= 4 is 23.4 Å².